The molecule has 2 aliphatic heterocycles. The quantitative estimate of drug-likeness (QED) is 0.578. The normalized spacial score (nSPS) is 23.6. The van der Waals surface area contributed by atoms with Gasteiger partial charge in [-0.15, -0.1) is 0 Å². The predicted octanol–water partition coefficient (Wildman–Crippen LogP) is 2.07. The van der Waals surface area contributed by atoms with E-state index in [-0.39, 0.29) is 41.0 Å². The molecule has 0 aromatic carbocycles. The molecule has 1 unspecified atom stereocenters. The Bertz CT molecular complexity index is 1380. The van der Waals surface area contributed by atoms with Crippen molar-refractivity contribution in [2.24, 2.45) is 9.36 Å². The summed E-state index contributed by atoms with van der Waals surface area (Å²) >= 11 is 0. The Morgan fingerprint density at radius 2 is 2.06 bits per heavy atom. The number of aliphatic imine (C=N–C) groups is 1. The van der Waals surface area contributed by atoms with E-state index in [1.165, 1.54) is 35.6 Å². The van der Waals surface area contributed by atoms with Crippen LogP contribution in [0.2, 0.25) is 0 Å². The third-order valence-electron chi connectivity index (χ3n) is 5.41. The van der Waals surface area contributed by atoms with Gasteiger partial charge in [-0.25, -0.2) is 32.7 Å². The molecule has 2 atom stereocenters. The van der Waals surface area contributed by atoms with Crippen LogP contribution in [0.15, 0.2) is 39.8 Å². The molecule has 0 spiro atoms. The molecule has 0 radical (unpaired) electrons. The Kier molecular flexibility index (Phi) is 6.35. The molecule has 12 nitrogen and oxygen atoms in total. The zero-order chi connectivity index (χ0) is 25.2. The van der Waals surface area contributed by atoms with E-state index in [1.54, 1.807) is 0 Å². The van der Waals surface area contributed by atoms with Crippen LogP contribution in [0.5, 0.6) is 0 Å². The number of guanidine groups is 1. The number of hydrogen-bond donors (Lipinski definition) is 3. The lowest BCUT2D eigenvalue weighted by atomic mass is 10.00. The average Bonchev–Trinajstić information content (AvgIpc) is 3.01. The number of nitrogens with zero attached hydrogens (tertiary/aromatic N) is 6. The van der Waals surface area contributed by atoms with Crippen LogP contribution in [0, 0.1) is 17.1 Å². The van der Waals surface area contributed by atoms with Gasteiger partial charge in [-0.05, 0) is 44.0 Å². The maximum absolute atomic E-state index is 15.0. The molecule has 2 aliphatic rings. The number of carbonyl (C=O) groups is 2. The van der Waals surface area contributed by atoms with Gasteiger partial charge in [-0.1, -0.05) is 0 Å². The van der Waals surface area contributed by atoms with Crippen LogP contribution in [0.4, 0.5) is 15.0 Å². The lowest BCUT2D eigenvalue weighted by molar-refractivity contribution is 0.102. The second-order valence-corrected chi connectivity index (χ2v) is 10.3. The number of nitriles is 1. The summed E-state index contributed by atoms with van der Waals surface area (Å²) < 4.78 is 34.4. The van der Waals surface area contributed by atoms with Crippen molar-refractivity contribution < 1.29 is 23.3 Å². The molecule has 4 heterocycles. The molecular weight excluding hydrogens is 479 g/mol. The maximum atomic E-state index is 15.0. The number of hydrogen-bond acceptors (Lipinski definition) is 8. The fraction of sp³-hybridized carbons (Fsp3) is 0.333. The molecular formula is C21H21FN8O4S. The molecule has 0 fully saturated rings. The molecule has 2 amide bonds. The Hall–Kier alpha value is -4.12. The van der Waals surface area contributed by atoms with Crippen molar-refractivity contribution in [3.05, 3.63) is 53.2 Å². The second-order valence-electron chi connectivity index (χ2n) is 8.08. The van der Waals surface area contributed by atoms with Crippen molar-refractivity contribution in [1.29, 1.82) is 5.26 Å². The van der Waals surface area contributed by atoms with E-state index in [9.17, 15) is 18.9 Å². The van der Waals surface area contributed by atoms with Crippen molar-refractivity contribution in [1.82, 2.24) is 19.6 Å². The Morgan fingerprint density at radius 1 is 1.26 bits per heavy atom. The standard InChI is InChI=1S/C21H21FN8O4S/c1-21(12-35(34)25-8-2-3-9-30(35)19(29-21)28-20(32)33)17-14(22)5-7-16(26-17)27-18(31)15-6-4-13(10-23)11-24-15/h4-7,11H,2-3,8-9,12H2,1H3,(H,28,29)(H,32,33)(H,26,27,31)/t21-,35?/m0/s1. The number of rotatable bonds is 3. The molecule has 3 N–H and O–H groups in total. The molecule has 35 heavy (non-hydrogen) atoms. The van der Waals surface area contributed by atoms with E-state index in [0.717, 1.165) is 6.07 Å². The first-order valence-electron chi connectivity index (χ1n) is 10.6. The number of nitrogens with one attached hydrogen (secondary N) is 2. The minimum Gasteiger partial charge on any atom is -0.465 e. The zero-order valence-corrected chi connectivity index (χ0v) is 19.4. The number of pyridine rings is 2. The van der Waals surface area contributed by atoms with Crippen LogP contribution in [0.1, 0.15) is 41.5 Å². The molecule has 14 heteroatoms. The van der Waals surface area contributed by atoms with Crippen molar-refractivity contribution in [2.75, 3.05) is 24.2 Å². The number of halogens is 1. The van der Waals surface area contributed by atoms with Crippen LogP contribution in [0.25, 0.3) is 0 Å². The minimum atomic E-state index is -3.15. The SMILES string of the molecule is C[C@@]1(c2nc(NC(=O)c3ccc(C#N)cn3)ccc2F)CS2(=O)=NCCCCN2C(NC(=O)O)=N1. The van der Waals surface area contributed by atoms with Gasteiger partial charge in [0.25, 0.3) is 5.91 Å². The molecule has 0 aliphatic carbocycles. The summed E-state index contributed by atoms with van der Waals surface area (Å²) in [5, 5.41) is 22.8. The first-order valence-corrected chi connectivity index (χ1v) is 12.2. The summed E-state index contributed by atoms with van der Waals surface area (Å²) in [5.41, 5.74) is -1.47. The minimum absolute atomic E-state index is 0.0161. The number of anilines is 1. The van der Waals surface area contributed by atoms with Crippen molar-refractivity contribution in [2.45, 2.75) is 25.3 Å². The highest BCUT2D eigenvalue weighted by atomic mass is 32.2. The van der Waals surface area contributed by atoms with Crippen molar-refractivity contribution >= 4 is 33.7 Å². The molecule has 0 bridgehead atoms. The second kappa shape index (κ2) is 9.26. The molecule has 0 saturated heterocycles. The summed E-state index contributed by atoms with van der Waals surface area (Å²) in [7, 11) is -3.15. The maximum Gasteiger partial charge on any atom is 0.411 e. The van der Waals surface area contributed by atoms with Gasteiger partial charge in [0.1, 0.15) is 44.5 Å². The van der Waals surface area contributed by atoms with Gasteiger partial charge in [0, 0.05) is 12.7 Å². The fourth-order valence-corrected chi connectivity index (χ4v) is 6.32. The van der Waals surface area contributed by atoms with Gasteiger partial charge >= 0.3 is 6.09 Å². The smallest absolute Gasteiger partial charge is 0.411 e. The third-order valence-corrected chi connectivity index (χ3v) is 7.97. The molecule has 182 valence electrons. The monoisotopic (exact) mass is 500 g/mol. The van der Waals surface area contributed by atoms with E-state index in [2.05, 4.69) is 30.0 Å². The molecule has 0 saturated carbocycles. The van der Waals surface area contributed by atoms with Gasteiger partial charge < -0.3 is 10.4 Å². The van der Waals surface area contributed by atoms with Crippen molar-refractivity contribution in [3.8, 4) is 6.07 Å². The van der Waals surface area contributed by atoms with E-state index >= 15 is 4.39 Å². The summed E-state index contributed by atoms with van der Waals surface area (Å²) in [6.07, 6.45) is 1.13. The lowest BCUT2D eigenvalue weighted by Crippen LogP contribution is -2.55. The molecule has 2 aromatic rings. The Balaban J connectivity index is 1.72. The third kappa shape index (κ3) is 4.90. The van der Waals surface area contributed by atoms with Crippen LogP contribution in [0.3, 0.4) is 0 Å². The number of aromatic nitrogens is 2. The zero-order valence-electron chi connectivity index (χ0n) is 18.6. The topological polar surface area (TPSA) is 173 Å². The molecule has 2 aromatic heterocycles. The van der Waals surface area contributed by atoms with Gasteiger partial charge in [0.15, 0.2) is 0 Å². The summed E-state index contributed by atoms with van der Waals surface area (Å²) in [6.45, 7) is 2.08. The number of fused-ring (bicyclic) bond motifs is 1. The number of carboxylic acid groups (broad SMARTS) is 1. The van der Waals surface area contributed by atoms with Gasteiger partial charge in [0.2, 0.25) is 5.96 Å². The number of carbonyl (C=O) groups excluding carboxylic acids is 1. The summed E-state index contributed by atoms with van der Waals surface area (Å²) in [5.74, 6) is -1.84. The highest BCUT2D eigenvalue weighted by molar-refractivity contribution is 7.92. The van der Waals surface area contributed by atoms with Crippen molar-refractivity contribution in [3.63, 3.8) is 0 Å². The molecule has 4 rings (SSSR count). The fourth-order valence-electron chi connectivity index (χ4n) is 3.81. The van der Waals surface area contributed by atoms with Gasteiger partial charge in [0.05, 0.1) is 17.9 Å². The van der Waals surface area contributed by atoms with Crippen LogP contribution in [-0.4, -0.2) is 60.4 Å². The van der Waals surface area contributed by atoms with Crippen LogP contribution < -0.4 is 10.6 Å². The summed E-state index contributed by atoms with van der Waals surface area (Å²) in [6, 6.07) is 7.02. The lowest BCUT2D eigenvalue weighted by Gasteiger charge is -2.38. The predicted molar refractivity (Wildman–Crippen MR) is 123 cm³/mol. The highest BCUT2D eigenvalue weighted by Crippen LogP contribution is 2.35. The van der Waals surface area contributed by atoms with E-state index in [1.807, 2.05) is 6.07 Å². The van der Waals surface area contributed by atoms with Gasteiger partial charge in [-0.2, -0.15) is 5.26 Å². The summed E-state index contributed by atoms with van der Waals surface area (Å²) in [4.78, 5) is 36.5. The number of amides is 2. The first kappa shape index (κ1) is 24.0. The van der Waals surface area contributed by atoms with E-state index < -0.39 is 33.3 Å². The highest BCUT2D eigenvalue weighted by Gasteiger charge is 2.44. The van der Waals surface area contributed by atoms with Crippen LogP contribution in [-0.2, 0) is 15.5 Å². The Labute approximate surface area is 200 Å². The van der Waals surface area contributed by atoms with E-state index in [4.69, 9.17) is 5.26 Å². The van der Waals surface area contributed by atoms with Crippen LogP contribution >= 0.6 is 0 Å². The first-order chi connectivity index (χ1) is 16.6. The van der Waals surface area contributed by atoms with E-state index in [0.29, 0.717) is 19.4 Å². The van der Waals surface area contributed by atoms with Gasteiger partial charge in [-0.3, -0.25) is 14.4 Å². The largest absolute Gasteiger partial charge is 0.465 e. The average molecular weight is 501 g/mol. The Morgan fingerprint density at radius 3 is 2.74 bits per heavy atom.